The summed E-state index contributed by atoms with van der Waals surface area (Å²) in [5.41, 5.74) is 2.10. The molecule has 2 aromatic rings. The zero-order valence-corrected chi connectivity index (χ0v) is 12.5. The highest BCUT2D eigenvalue weighted by atomic mass is 127. The van der Waals surface area contributed by atoms with Crippen molar-refractivity contribution >= 4 is 34.2 Å². The minimum Gasteiger partial charge on any atom is -0.384 e. The van der Waals surface area contributed by atoms with E-state index in [1.54, 1.807) is 18.2 Å². The van der Waals surface area contributed by atoms with Crippen molar-refractivity contribution in [2.75, 3.05) is 0 Å². The third kappa shape index (κ3) is 2.84. The molecule has 1 unspecified atom stereocenters. The highest BCUT2D eigenvalue weighted by molar-refractivity contribution is 14.1. The Hall–Kier alpha value is -0.650. The SMILES string of the molecule is Cc1ccc(F)cc1C(O)c1cc(Cl)ccc1I. The van der Waals surface area contributed by atoms with Gasteiger partial charge in [0.25, 0.3) is 0 Å². The first-order valence-electron chi connectivity index (χ1n) is 5.38. The largest absolute Gasteiger partial charge is 0.384 e. The Bertz CT molecular complexity index is 535. The average Bonchev–Trinajstić information content (AvgIpc) is 2.34. The number of rotatable bonds is 2. The Morgan fingerprint density at radius 2 is 1.89 bits per heavy atom. The second-order valence-corrected chi connectivity index (χ2v) is 5.67. The number of aliphatic hydroxyl groups excluding tert-OH is 1. The number of halogens is 3. The van der Waals surface area contributed by atoms with E-state index in [1.165, 1.54) is 12.1 Å². The van der Waals surface area contributed by atoms with E-state index < -0.39 is 6.10 Å². The summed E-state index contributed by atoms with van der Waals surface area (Å²) in [6.07, 6.45) is -0.869. The summed E-state index contributed by atoms with van der Waals surface area (Å²) in [4.78, 5) is 0. The van der Waals surface area contributed by atoms with Gasteiger partial charge in [-0.2, -0.15) is 0 Å². The van der Waals surface area contributed by atoms with Gasteiger partial charge in [0, 0.05) is 8.59 Å². The zero-order valence-electron chi connectivity index (χ0n) is 9.62. The lowest BCUT2D eigenvalue weighted by molar-refractivity contribution is 0.218. The lowest BCUT2D eigenvalue weighted by Crippen LogP contribution is -2.04. The molecular weight excluding hydrogens is 366 g/mol. The van der Waals surface area contributed by atoms with Crippen LogP contribution < -0.4 is 0 Å². The van der Waals surface area contributed by atoms with Crippen molar-refractivity contribution in [2.45, 2.75) is 13.0 Å². The van der Waals surface area contributed by atoms with Crippen LogP contribution in [0.1, 0.15) is 22.8 Å². The molecule has 0 radical (unpaired) electrons. The van der Waals surface area contributed by atoms with Crippen LogP contribution in [0.2, 0.25) is 5.02 Å². The van der Waals surface area contributed by atoms with Crippen LogP contribution in [0.5, 0.6) is 0 Å². The Balaban J connectivity index is 2.50. The Morgan fingerprint density at radius 1 is 1.17 bits per heavy atom. The molecule has 4 heteroatoms. The van der Waals surface area contributed by atoms with Gasteiger partial charge >= 0.3 is 0 Å². The fraction of sp³-hybridized carbons (Fsp3) is 0.143. The smallest absolute Gasteiger partial charge is 0.123 e. The van der Waals surface area contributed by atoms with Crippen LogP contribution in [0, 0.1) is 16.3 Å². The Labute approximate surface area is 124 Å². The lowest BCUT2D eigenvalue weighted by atomic mass is 9.97. The lowest BCUT2D eigenvalue weighted by Gasteiger charge is -2.16. The fourth-order valence-electron chi connectivity index (χ4n) is 1.80. The van der Waals surface area contributed by atoms with Crippen LogP contribution in [-0.2, 0) is 0 Å². The first-order valence-corrected chi connectivity index (χ1v) is 6.84. The highest BCUT2D eigenvalue weighted by Gasteiger charge is 2.16. The number of hydrogen-bond donors (Lipinski definition) is 1. The molecule has 0 saturated heterocycles. The van der Waals surface area contributed by atoms with Gasteiger partial charge in [-0.25, -0.2) is 4.39 Å². The van der Waals surface area contributed by atoms with E-state index in [0.717, 1.165) is 9.13 Å². The van der Waals surface area contributed by atoms with Gasteiger partial charge in [0.1, 0.15) is 11.9 Å². The summed E-state index contributed by atoms with van der Waals surface area (Å²) >= 11 is 8.06. The summed E-state index contributed by atoms with van der Waals surface area (Å²) in [5, 5.41) is 10.9. The molecule has 1 atom stereocenters. The molecule has 1 N–H and O–H groups in total. The van der Waals surface area contributed by atoms with Crippen LogP contribution in [-0.4, -0.2) is 5.11 Å². The van der Waals surface area contributed by atoms with E-state index in [0.29, 0.717) is 16.1 Å². The average molecular weight is 377 g/mol. The molecule has 0 aromatic heterocycles. The quantitative estimate of drug-likeness (QED) is 0.767. The summed E-state index contributed by atoms with van der Waals surface area (Å²) < 4.78 is 14.2. The molecule has 0 aliphatic rings. The number of benzene rings is 2. The zero-order chi connectivity index (χ0) is 13.3. The number of hydrogen-bond acceptors (Lipinski definition) is 1. The number of aliphatic hydroxyl groups is 1. The second-order valence-electron chi connectivity index (χ2n) is 4.07. The van der Waals surface area contributed by atoms with E-state index in [-0.39, 0.29) is 5.82 Å². The van der Waals surface area contributed by atoms with E-state index in [4.69, 9.17) is 11.6 Å². The van der Waals surface area contributed by atoms with Gasteiger partial charge in [-0.1, -0.05) is 17.7 Å². The molecule has 0 bridgehead atoms. The minimum absolute atomic E-state index is 0.355. The predicted molar refractivity (Wildman–Crippen MR) is 79.4 cm³/mol. The predicted octanol–water partition coefficient (Wildman–Crippen LogP) is 4.47. The van der Waals surface area contributed by atoms with Crippen LogP contribution >= 0.6 is 34.2 Å². The van der Waals surface area contributed by atoms with Crippen LogP contribution in [0.15, 0.2) is 36.4 Å². The molecule has 0 spiro atoms. The summed E-state index contributed by atoms with van der Waals surface area (Å²) in [7, 11) is 0. The first kappa shape index (κ1) is 13.8. The van der Waals surface area contributed by atoms with Crippen molar-refractivity contribution in [3.8, 4) is 0 Å². The standard InChI is InChI=1S/C14H11ClFIO/c1-8-2-4-10(16)7-11(8)14(18)12-6-9(15)3-5-13(12)17/h2-7,14,18H,1H3. The van der Waals surface area contributed by atoms with Crippen molar-refractivity contribution in [2.24, 2.45) is 0 Å². The van der Waals surface area contributed by atoms with Gasteiger partial charge in [-0.3, -0.25) is 0 Å². The Kier molecular flexibility index (Phi) is 4.25. The maximum Gasteiger partial charge on any atom is 0.123 e. The molecule has 0 aliphatic heterocycles. The molecule has 0 saturated carbocycles. The van der Waals surface area contributed by atoms with Gasteiger partial charge < -0.3 is 5.11 Å². The summed E-state index contributed by atoms with van der Waals surface area (Å²) in [6.45, 7) is 1.84. The van der Waals surface area contributed by atoms with Gasteiger partial charge in [-0.15, -0.1) is 0 Å². The van der Waals surface area contributed by atoms with Crippen molar-refractivity contribution in [1.82, 2.24) is 0 Å². The second kappa shape index (κ2) is 5.55. The molecule has 18 heavy (non-hydrogen) atoms. The molecule has 94 valence electrons. The summed E-state index contributed by atoms with van der Waals surface area (Å²) in [5.74, 6) is -0.355. The van der Waals surface area contributed by atoms with Gasteiger partial charge in [-0.05, 0) is 76.5 Å². The normalized spacial score (nSPS) is 12.5. The van der Waals surface area contributed by atoms with Crippen molar-refractivity contribution in [3.63, 3.8) is 0 Å². The van der Waals surface area contributed by atoms with Crippen molar-refractivity contribution in [3.05, 3.63) is 67.5 Å². The third-order valence-electron chi connectivity index (χ3n) is 2.79. The van der Waals surface area contributed by atoms with Crippen LogP contribution in [0.25, 0.3) is 0 Å². The fourth-order valence-corrected chi connectivity index (χ4v) is 2.61. The monoisotopic (exact) mass is 376 g/mol. The topological polar surface area (TPSA) is 20.2 Å². The van der Waals surface area contributed by atoms with Crippen molar-refractivity contribution in [1.29, 1.82) is 0 Å². The number of aryl methyl sites for hydroxylation is 1. The van der Waals surface area contributed by atoms with E-state index in [1.807, 2.05) is 13.0 Å². The van der Waals surface area contributed by atoms with Crippen LogP contribution in [0.4, 0.5) is 4.39 Å². The summed E-state index contributed by atoms with van der Waals surface area (Å²) in [6, 6.07) is 9.70. The highest BCUT2D eigenvalue weighted by Crippen LogP contribution is 2.30. The molecule has 1 nitrogen and oxygen atoms in total. The third-order valence-corrected chi connectivity index (χ3v) is 4.01. The molecular formula is C14H11ClFIO. The molecule has 0 heterocycles. The van der Waals surface area contributed by atoms with Gasteiger partial charge in [0.15, 0.2) is 0 Å². The van der Waals surface area contributed by atoms with E-state index >= 15 is 0 Å². The minimum atomic E-state index is -0.869. The molecule has 2 rings (SSSR count). The van der Waals surface area contributed by atoms with Gasteiger partial charge in [0.2, 0.25) is 0 Å². The maximum absolute atomic E-state index is 13.3. The van der Waals surface area contributed by atoms with Crippen LogP contribution in [0.3, 0.4) is 0 Å². The molecule has 0 amide bonds. The van der Waals surface area contributed by atoms with E-state index in [9.17, 15) is 9.50 Å². The van der Waals surface area contributed by atoms with Crippen molar-refractivity contribution < 1.29 is 9.50 Å². The maximum atomic E-state index is 13.3. The Morgan fingerprint density at radius 3 is 2.61 bits per heavy atom. The molecule has 0 fully saturated rings. The van der Waals surface area contributed by atoms with E-state index in [2.05, 4.69) is 22.6 Å². The molecule has 0 aliphatic carbocycles. The molecule has 2 aromatic carbocycles. The van der Waals surface area contributed by atoms with Gasteiger partial charge in [0.05, 0.1) is 0 Å². The first-order chi connectivity index (χ1) is 8.49.